The Bertz CT molecular complexity index is 399. The van der Waals surface area contributed by atoms with E-state index < -0.39 is 4.92 Å². The summed E-state index contributed by atoms with van der Waals surface area (Å²) < 4.78 is 6.11. The van der Waals surface area contributed by atoms with Gasteiger partial charge in [-0.1, -0.05) is 0 Å². The van der Waals surface area contributed by atoms with Gasteiger partial charge in [-0.25, -0.2) is 0 Å². The van der Waals surface area contributed by atoms with Gasteiger partial charge < -0.3 is 14.9 Å². The molecular weight excluding hydrogens is 214 g/mol. The fourth-order valence-electron chi connectivity index (χ4n) is 1.24. The number of aryl methyl sites for hydroxylation is 2. The van der Waals surface area contributed by atoms with Gasteiger partial charge >= 0.3 is 11.8 Å². The molecule has 0 spiro atoms. The summed E-state index contributed by atoms with van der Waals surface area (Å²) in [4.78, 5) is 21.0. The fourth-order valence-corrected chi connectivity index (χ4v) is 1.24. The van der Waals surface area contributed by atoms with Crippen molar-refractivity contribution in [2.45, 2.75) is 26.8 Å². The van der Waals surface area contributed by atoms with Gasteiger partial charge in [-0.15, -0.1) is 0 Å². The molecule has 0 atom stereocenters. The highest BCUT2D eigenvalue weighted by molar-refractivity contribution is 5.69. The van der Waals surface area contributed by atoms with Crippen molar-refractivity contribution in [1.29, 1.82) is 0 Å². The number of hydrogen-bond donors (Lipinski definition) is 0. The maximum atomic E-state index is 11.0. The number of aromatic nitrogens is 2. The molecule has 0 amide bonds. The molecule has 0 saturated heterocycles. The molecule has 0 saturated carbocycles. The maximum absolute atomic E-state index is 11.0. The highest BCUT2D eigenvalue weighted by atomic mass is 16.6. The molecule has 7 nitrogen and oxygen atoms in total. The van der Waals surface area contributed by atoms with E-state index in [1.165, 1.54) is 10.9 Å². The maximum Gasteiger partial charge on any atom is 0.392 e. The first-order chi connectivity index (χ1) is 7.54. The summed E-state index contributed by atoms with van der Waals surface area (Å²) in [6, 6.07) is 0. The molecule has 1 aromatic rings. The van der Waals surface area contributed by atoms with Crippen LogP contribution < -0.4 is 0 Å². The Hall–Kier alpha value is -1.92. The van der Waals surface area contributed by atoms with Crippen LogP contribution in [0, 0.1) is 17.0 Å². The van der Waals surface area contributed by atoms with Crippen molar-refractivity contribution in [2.75, 3.05) is 6.61 Å². The number of nitrogens with zero attached hydrogens (tertiary/aromatic N) is 3. The summed E-state index contributed by atoms with van der Waals surface area (Å²) in [6.45, 7) is 3.94. The lowest BCUT2D eigenvalue weighted by Gasteiger charge is -1.99. The van der Waals surface area contributed by atoms with E-state index >= 15 is 0 Å². The molecule has 0 aromatic carbocycles. The summed E-state index contributed by atoms with van der Waals surface area (Å²) in [5.41, 5.74) is 0.480. The summed E-state index contributed by atoms with van der Waals surface area (Å²) in [6.07, 6.45) is 1.70. The Morgan fingerprint density at radius 1 is 1.69 bits per heavy atom. The quantitative estimate of drug-likeness (QED) is 0.426. The van der Waals surface area contributed by atoms with E-state index in [0.29, 0.717) is 12.2 Å². The molecule has 16 heavy (non-hydrogen) atoms. The predicted octanol–water partition coefficient (Wildman–Crippen LogP) is 1.05. The van der Waals surface area contributed by atoms with Crippen molar-refractivity contribution in [1.82, 2.24) is 9.78 Å². The summed E-state index contributed by atoms with van der Waals surface area (Å²) in [5, 5.41) is 14.3. The van der Waals surface area contributed by atoms with Crippen LogP contribution in [0.5, 0.6) is 0 Å². The molecular formula is C9H13N3O4. The molecule has 0 aliphatic heterocycles. The minimum atomic E-state index is -0.545. The molecule has 1 aromatic heterocycles. The molecule has 0 unspecified atom stereocenters. The van der Waals surface area contributed by atoms with Crippen molar-refractivity contribution >= 4 is 11.8 Å². The van der Waals surface area contributed by atoms with Gasteiger partial charge in [0, 0.05) is 0 Å². The van der Waals surface area contributed by atoms with Crippen LogP contribution in [0.3, 0.4) is 0 Å². The Morgan fingerprint density at radius 2 is 2.38 bits per heavy atom. The van der Waals surface area contributed by atoms with E-state index in [9.17, 15) is 14.9 Å². The summed E-state index contributed by atoms with van der Waals surface area (Å²) >= 11 is 0. The van der Waals surface area contributed by atoms with Crippen LogP contribution in [-0.2, 0) is 16.1 Å². The Morgan fingerprint density at radius 3 is 2.88 bits per heavy atom. The fraction of sp³-hybridized carbons (Fsp3) is 0.556. The molecule has 1 heterocycles. The number of hydrogen-bond acceptors (Lipinski definition) is 5. The number of carbonyl (C=O) groups excluding carboxylic acids is 1. The molecule has 7 heteroatoms. The normalized spacial score (nSPS) is 10.1. The highest BCUT2D eigenvalue weighted by Crippen LogP contribution is 2.13. The summed E-state index contributed by atoms with van der Waals surface area (Å²) in [7, 11) is 0. The van der Waals surface area contributed by atoms with E-state index in [0.717, 1.165) is 0 Å². The molecule has 1 rings (SSSR count). The van der Waals surface area contributed by atoms with Crippen molar-refractivity contribution in [3.8, 4) is 0 Å². The number of rotatable bonds is 5. The lowest BCUT2D eigenvalue weighted by Crippen LogP contribution is -2.09. The average Bonchev–Trinajstić information content (AvgIpc) is 2.57. The first kappa shape index (κ1) is 12.2. The van der Waals surface area contributed by atoms with Gasteiger partial charge in [-0.2, -0.15) is 4.68 Å². The zero-order valence-electron chi connectivity index (χ0n) is 9.17. The first-order valence-electron chi connectivity index (χ1n) is 4.88. The minimum Gasteiger partial charge on any atom is -0.466 e. The smallest absolute Gasteiger partial charge is 0.392 e. The van der Waals surface area contributed by atoms with E-state index in [4.69, 9.17) is 4.74 Å². The Labute approximate surface area is 92.2 Å². The SMILES string of the molecule is CCOC(=O)CCn1cc(C)c([N+](=O)[O-])n1. The van der Waals surface area contributed by atoms with Crippen molar-refractivity contribution in [3.63, 3.8) is 0 Å². The molecule has 0 radical (unpaired) electrons. The zero-order chi connectivity index (χ0) is 12.1. The van der Waals surface area contributed by atoms with Crippen LogP contribution in [0.4, 0.5) is 5.82 Å². The third-order valence-corrected chi connectivity index (χ3v) is 1.94. The summed E-state index contributed by atoms with van der Waals surface area (Å²) in [5.74, 6) is -0.512. The van der Waals surface area contributed by atoms with E-state index in [-0.39, 0.29) is 24.8 Å². The van der Waals surface area contributed by atoms with Gasteiger partial charge in [0.15, 0.2) is 0 Å². The van der Waals surface area contributed by atoms with E-state index in [1.807, 2.05) is 0 Å². The topological polar surface area (TPSA) is 87.3 Å². The monoisotopic (exact) mass is 227 g/mol. The number of nitro groups is 1. The van der Waals surface area contributed by atoms with Crippen molar-refractivity contribution < 1.29 is 14.5 Å². The highest BCUT2D eigenvalue weighted by Gasteiger charge is 2.17. The van der Waals surface area contributed by atoms with Crippen LogP contribution >= 0.6 is 0 Å². The second-order valence-electron chi connectivity index (χ2n) is 3.21. The second kappa shape index (κ2) is 5.24. The van der Waals surface area contributed by atoms with Crippen LogP contribution in [-0.4, -0.2) is 27.3 Å². The molecule has 0 aliphatic rings. The Balaban J connectivity index is 2.58. The van der Waals surface area contributed by atoms with Crippen LogP contribution in [0.1, 0.15) is 18.9 Å². The standard InChI is InChI=1S/C9H13N3O4/c1-3-16-8(13)4-5-11-6-7(2)9(10-11)12(14)15/h6H,3-5H2,1-2H3. The zero-order valence-corrected chi connectivity index (χ0v) is 9.17. The molecule has 0 aliphatic carbocycles. The van der Waals surface area contributed by atoms with Gasteiger partial charge in [0.05, 0.1) is 36.4 Å². The molecule has 88 valence electrons. The number of esters is 1. The first-order valence-corrected chi connectivity index (χ1v) is 4.88. The number of ether oxygens (including phenoxy) is 1. The molecule has 0 bridgehead atoms. The number of carbonyl (C=O) groups is 1. The van der Waals surface area contributed by atoms with Gasteiger partial charge in [-0.3, -0.25) is 4.79 Å². The van der Waals surface area contributed by atoms with Crippen LogP contribution in [0.25, 0.3) is 0 Å². The second-order valence-corrected chi connectivity index (χ2v) is 3.21. The van der Waals surface area contributed by atoms with Crippen LogP contribution in [0.2, 0.25) is 0 Å². The van der Waals surface area contributed by atoms with Crippen molar-refractivity contribution in [2.24, 2.45) is 0 Å². The molecule has 0 fully saturated rings. The lowest BCUT2D eigenvalue weighted by molar-refractivity contribution is -0.390. The van der Waals surface area contributed by atoms with Gasteiger partial charge in [0.2, 0.25) is 0 Å². The van der Waals surface area contributed by atoms with Gasteiger partial charge in [0.25, 0.3) is 0 Å². The van der Waals surface area contributed by atoms with E-state index in [2.05, 4.69) is 5.10 Å². The third kappa shape index (κ3) is 3.04. The minimum absolute atomic E-state index is 0.159. The van der Waals surface area contributed by atoms with Gasteiger partial charge in [0.1, 0.15) is 0 Å². The predicted molar refractivity (Wildman–Crippen MR) is 54.9 cm³/mol. The Kier molecular flexibility index (Phi) is 3.98. The molecule has 0 N–H and O–H groups in total. The van der Waals surface area contributed by atoms with Crippen molar-refractivity contribution in [3.05, 3.63) is 21.9 Å². The van der Waals surface area contributed by atoms with Crippen LogP contribution in [0.15, 0.2) is 6.20 Å². The lowest BCUT2D eigenvalue weighted by atomic mass is 10.4. The van der Waals surface area contributed by atoms with Gasteiger partial charge in [-0.05, 0) is 18.8 Å². The average molecular weight is 227 g/mol. The largest absolute Gasteiger partial charge is 0.466 e. The third-order valence-electron chi connectivity index (χ3n) is 1.94. The van der Waals surface area contributed by atoms with E-state index in [1.54, 1.807) is 13.8 Å².